The predicted molar refractivity (Wildman–Crippen MR) is 10.8 cm³/mol. The zero-order valence-corrected chi connectivity index (χ0v) is 8.03. The van der Waals surface area contributed by atoms with E-state index in [-0.39, 0.29) is 54.1 Å². The van der Waals surface area contributed by atoms with Gasteiger partial charge in [0.05, 0.1) is 0 Å². The molecule has 37 valence electrons. The molecule has 0 aromatic heterocycles. The van der Waals surface area contributed by atoms with E-state index in [0.717, 1.165) is 0 Å². The first-order valence-corrected chi connectivity index (χ1v) is 2.19. The van der Waals surface area contributed by atoms with E-state index in [1.807, 2.05) is 0 Å². The van der Waals surface area contributed by atoms with Crippen molar-refractivity contribution in [2.45, 2.75) is 0 Å². The molecule has 0 N–H and O–H groups in total. The second-order valence-corrected chi connectivity index (χ2v) is 1.34. The van der Waals surface area contributed by atoms with Crippen LogP contribution < -0.4 is 44.2 Å². The molecular formula is CMnNaO4P+4. The molecule has 1 radical (unpaired) electrons. The summed E-state index contributed by atoms with van der Waals surface area (Å²) in [6, 6.07) is 0. The van der Waals surface area contributed by atoms with Crippen LogP contribution in [-0.4, -0.2) is 0 Å². The number of rotatable bonds is 0. The quantitative estimate of drug-likeness (QED) is 0.278. The van der Waals surface area contributed by atoms with Crippen LogP contribution in [0.5, 0.6) is 0 Å². The summed E-state index contributed by atoms with van der Waals surface area (Å²) in [7, 11) is -5.39. The van der Waals surface area contributed by atoms with Gasteiger partial charge in [0.15, 0.2) is 0 Å². The molecule has 0 aromatic rings. The van der Waals surface area contributed by atoms with E-state index in [2.05, 4.69) is 0 Å². The van der Waals surface area contributed by atoms with Crippen molar-refractivity contribution < 1.29 is 65.9 Å². The van der Waals surface area contributed by atoms with Crippen LogP contribution in [0.1, 0.15) is 0 Å². The molecule has 0 saturated carbocycles. The van der Waals surface area contributed by atoms with Crippen LogP contribution >= 0.6 is 7.82 Å². The summed E-state index contributed by atoms with van der Waals surface area (Å²) in [6.45, 7) is 0. The molecule has 0 bridgehead atoms. The van der Waals surface area contributed by atoms with Crippen LogP contribution in [0.15, 0.2) is 0 Å². The molecule has 0 unspecified atom stereocenters. The van der Waals surface area contributed by atoms with Crippen molar-refractivity contribution in [3.05, 3.63) is 7.43 Å². The summed E-state index contributed by atoms with van der Waals surface area (Å²) in [5.74, 6) is 0. The summed E-state index contributed by atoms with van der Waals surface area (Å²) in [6.07, 6.45) is 0. The minimum absolute atomic E-state index is 0. The topological polar surface area (TPSA) is 86.2 Å². The van der Waals surface area contributed by atoms with Crippen molar-refractivity contribution in [2.75, 3.05) is 0 Å². The van der Waals surface area contributed by atoms with Gasteiger partial charge in [0.2, 0.25) is 0 Å². The fraction of sp³-hybridized carbons (Fsp3) is 0. The average molecular weight is 185 g/mol. The Morgan fingerprint density at radius 3 is 1.12 bits per heavy atom. The summed E-state index contributed by atoms with van der Waals surface area (Å²) >= 11 is 0. The third-order valence-electron chi connectivity index (χ3n) is 0. The summed E-state index contributed by atoms with van der Waals surface area (Å²) in [5.41, 5.74) is 0. The molecule has 0 aromatic carbocycles. The van der Waals surface area contributed by atoms with Gasteiger partial charge in [0.25, 0.3) is 0 Å². The SMILES string of the molecule is O=P([O-])([O-])[O-].[C+4].[Mn+2].[Na+]. The fourth-order valence-corrected chi connectivity index (χ4v) is 0. The number of hydrogen-bond donors (Lipinski definition) is 0. The van der Waals surface area contributed by atoms with Crippen LogP contribution in [0.25, 0.3) is 0 Å². The maximum atomic E-state index is 8.55. The first kappa shape index (κ1) is 22.6. The van der Waals surface area contributed by atoms with E-state index in [4.69, 9.17) is 19.2 Å². The first-order chi connectivity index (χ1) is 2.00. The molecule has 0 aliphatic carbocycles. The molecule has 0 atom stereocenters. The second kappa shape index (κ2) is 8.63. The molecule has 7 heteroatoms. The second-order valence-electron chi connectivity index (χ2n) is 0.447. The van der Waals surface area contributed by atoms with Gasteiger partial charge in [-0.1, -0.05) is 0 Å². The molecule has 0 heterocycles. The Hall–Kier alpha value is 1.63. The minimum Gasteiger partial charge on any atom is -0.822 e. The monoisotopic (exact) mass is 185 g/mol. The zero-order chi connectivity index (χ0) is 4.50. The van der Waals surface area contributed by atoms with Crippen LogP contribution in [0.3, 0.4) is 0 Å². The summed E-state index contributed by atoms with van der Waals surface area (Å²) in [5, 5.41) is 0. The van der Waals surface area contributed by atoms with Crippen molar-refractivity contribution in [3.8, 4) is 0 Å². The maximum absolute atomic E-state index is 8.55. The Morgan fingerprint density at radius 2 is 1.12 bits per heavy atom. The van der Waals surface area contributed by atoms with Gasteiger partial charge in [-0.05, 0) is 0 Å². The van der Waals surface area contributed by atoms with Crippen LogP contribution in [0, 0.1) is 7.43 Å². The molecule has 0 aliphatic rings. The van der Waals surface area contributed by atoms with Gasteiger partial charge >= 0.3 is 54.1 Å². The van der Waals surface area contributed by atoms with Crippen molar-refractivity contribution in [2.24, 2.45) is 0 Å². The van der Waals surface area contributed by atoms with E-state index < -0.39 is 7.82 Å². The number of phosphoric acid groups is 1. The first-order valence-electron chi connectivity index (χ1n) is 0.730. The van der Waals surface area contributed by atoms with Gasteiger partial charge in [-0.25, -0.2) is 0 Å². The minimum atomic E-state index is -5.39. The zero-order valence-electron chi connectivity index (χ0n) is 3.96. The maximum Gasteiger partial charge on any atom is 4.00 e. The summed E-state index contributed by atoms with van der Waals surface area (Å²) in [4.78, 5) is 25.6. The molecule has 0 aliphatic heterocycles. The smallest absolute Gasteiger partial charge is 0.822 e. The van der Waals surface area contributed by atoms with E-state index in [1.54, 1.807) is 0 Å². The van der Waals surface area contributed by atoms with Gasteiger partial charge in [0, 0.05) is 0 Å². The molecule has 0 amide bonds. The summed E-state index contributed by atoms with van der Waals surface area (Å²) < 4.78 is 8.55. The van der Waals surface area contributed by atoms with Crippen molar-refractivity contribution >= 4 is 7.82 Å². The molecule has 4 nitrogen and oxygen atoms in total. The van der Waals surface area contributed by atoms with Gasteiger partial charge in [-0.2, -0.15) is 7.82 Å². The Morgan fingerprint density at radius 1 is 1.12 bits per heavy atom. The predicted octanol–water partition coefficient (Wildman–Crippen LogP) is -5.74. The average Bonchev–Trinajstić information content (AvgIpc) is 0.722. The van der Waals surface area contributed by atoms with Crippen LogP contribution in [0.4, 0.5) is 0 Å². The molecule has 0 spiro atoms. The van der Waals surface area contributed by atoms with Gasteiger partial charge in [0.1, 0.15) is 0 Å². The number of hydrogen-bond acceptors (Lipinski definition) is 4. The van der Waals surface area contributed by atoms with Crippen LogP contribution in [0.2, 0.25) is 0 Å². The van der Waals surface area contributed by atoms with E-state index in [9.17, 15) is 0 Å². The normalized spacial score (nSPS) is 7.38. The molecule has 0 fully saturated rings. The Labute approximate surface area is 80.7 Å². The van der Waals surface area contributed by atoms with Gasteiger partial charge in [-0.15, -0.1) is 0 Å². The fourth-order valence-electron chi connectivity index (χ4n) is 0. The molecule has 0 rings (SSSR count). The largest absolute Gasteiger partial charge is 4.00 e. The van der Waals surface area contributed by atoms with E-state index in [1.165, 1.54) is 0 Å². The van der Waals surface area contributed by atoms with Crippen molar-refractivity contribution in [3.63, 3.8) is 0 Å². The third-order valence-corrected chi connectivity index (χ3v) is 0. The van der Waals surface area contributed by atoms with Gasteiger partial charge in [-0.3, -0.25) is 0 Å². The van der Waals surface area contributed by atoms with Crippen molar-refractivity contribution in [1.82, 2.24) is 0 Å². The standard InChI is InChI=1S/C.Mn.Na.H3O4P/c;;;1-5(2,3)4/h;;;(H3,1,2,3,4)/q+4;+2;+1;/p-3. The Bertz CT molecular complexity index is 62.2. The molecule has 0 saturated heterocycles. The van der Waals surface area contributed by atoms with E-state index in [0.29, 0.717) is 0 Å². The Balaban J connectivity index is -0.0000000267. The van der Waals surface area contributed by atoms with Crippen molar-refractivity contribution in [1.29, 1.82) is 0 Å². The molecular weight excluding hydrogens is 185 g/mol. The van der Waals surface area contributed by atoms with Gasteiger partial charge < -0.3 is 19.2 Å². The molecule has 8 heavy (non-hydrogen) atoms. The Kier molecular flexibility index (Phi) is 24.4. The third kappa shape index (κ3) is 126. The van der Waals surface area contributed by atoms with Crippen LogP contribution in [-0.2, 0) is 21.6 Å². The van der Waals surface area contributed by atoms with E-state index >= 15 is 0 Å².